The van der Waals surface area contributed by atoms with E-state index in [1.54, 1.807) is 11.3 Å². The van der Waals surface area contributed by atoms with Crippen molar-refractivity contribution < 1.29 is 4.79 Å². The fraction of sp³-hybridized carbons (Fsp3) is 0.312. The Kier molecular flexibility index (Phi) is 4.73. The van der Waals surface area contributed by atoms with Crippen LogP contribution in [0.2, 0.25) is 0 Å². The zero-order valence-electron chi connectivity index (χ0n) is 11.6. The van der Waals surface area contributed by atoms with Crippen molar-refractivity contribution >= 4 is 33.2 Å². The molecule has 1 aliphatic rings. The molecule has 1 aromatic carbocycles. The van der Waals surface area contributed by atoms with Crippen molar-refractivity contribution in [3.05, 3.63) is 56.7 Å². The average molecular weight is 365 g/mol. The lowest BCUT2D eigenvalue weighted by atomic mass is 10.0. The second-order valence-corrected chi connectivity index (χ2v) is 6.88. The topological polar surface area (TPSA) is 32.3 Å². The summed E-state index contributed by atoms with van der Waals surface area (Å²) in [6.07, 6.45) is 1.25. The Morgan fingerprint density at radius 2 is 2.24 bits per heavy atom. The maximum Gasteiger partial charge on any atom is 0.251 e. The zero-order chi connectivity index (χ0) is 14.7. The molecule has 1 fully saturated rings. The molecule has 21 heavy (non-hydrogen) atoms. The van der Waals surface area contributed by atoms with Gasteiger partial charge >= 0.3 is 0 Å². The number of rotatable bonds is 5. The van der Waals surface area contributed by atoms with E-state index in [1.807, 2.05) is 24.3 Å². The summed E-state index contributed by atoms with van der Waals surface area (Å²) >= 11 is 5.11. The highest BCUT2D eigenvalue weighted by Crippen LogP contribution is 2.26. The third-order valence-corrected chi connectivity index (χ3v) is 5.00. The molecule has 2 aromatic rings. The highest BCUT2D eigenvalue weighted by Gasteiger charge is 2.26. The van der Waals surface area contributed by atoms with Crippen molar-refractivity contribution in [3.8, 4) is 0 Å². The smallest absolute Gasteiger partial charge is 0.251 e. The molecular formula is C16H17BrN2OS. The maximum atomic E-state index is 12.3. The van der Waals surface area contributed by atoms with Gasteiger partial charge in [0.25, 0.3) is 5.91 Å². The molecular weight excluding hydrogens is 348 g/mol. The first-order valence-corrected chi connectivity index (χ1v) is 8.77. The molecule has 1 atom stereocenters. The van der Waals surface area contributed by atoms with Crippen LogP contribution >= 0.6 is 27.3 Å². The van der Waals surface area contributed by atoms with E-state index in [2.05, 4.69) is 43.0 Å². The Morgan fingerprint density at radius 1 is 1.38 bits per heavy atom. The van der Waals surface area contributed by atoms with Gasteiger partial charge in [-0.2, -0.15) is 11.3 Å². The summed E-state index contributed by atoms with van der Waals surface area (Å²) in [5.41, 5.74) is 1.99. The van der Waals surface area contributed by atoms with E-state index in [4.69, 9.17) is 0 Å². The molecule has 0 unspecified atom stereocenters. The number of halogens is 1. The van der Waals surface area contributed by atoms with Crippen LogP contribution < -0.4 is 5.32 Å². The number of carbonyl (C=O) groups excluding carboxylic acids is 1. The van der Waals surface area contributed by atoms with Crippen LogP contribution in [0.25, 0.3) is 0 Å². The van der Waals surface area contributed by atoms with Crippen LogP contribution in [0, 0.1) is 0 Å². The van der Waals surface area contributed by atoms with Crippen molar-refractivity contribution in [2.75, 3.05) is 19.6 Å². The van der Waals surface area contributed by atoms with E-state index >= 15 is 0 Å². The monoisotopic (exact) mass is 364 g/mol. The van der Waals surface area contributed by atoms with Gasteiger partial charge in [-0.3, -0.25) is 9.69 Å². The van der Waals surface area contributed by atoms with Crippen LogP contribution in [0.5, 0.6) is 0 Å². The molecule has 0 aliphatic carbocycles. The van der Waals surface area contributed by atoms with Crippen molar-refractivity contribution in [1.82, 2.24) is 10.2 Å². The average Bonchev–Trinajstić information content (AvgIpc) is 2.94. The summed E-state index contributed by atoms with van der Waals surface area (Å²) in [5.74, 6) is -0.0166. The molecule has 1 N–H and O–H groups in total. The molecule has 3 nitrogen and oxygen atoms in total. The standard InChI is InChI=1S/C16H17BrN2OS/c17-14-4-1-3-12(9-14)16(20)18-10-15(19-6-2-7-19)13-5-8-21-11-13/h1,3-5,8-9,11,15H,2,6-7,10H2,(H,18,20)/t15-/m1/s1. The molecule has 110 valence electrons. The van der Waals surface area contributed by atoms with Crippen molar-refractivity contribution in [3.63, 3.8) is 0 Å². The Hall–Kier alpha value is -1.17. The number of hydrogen-bond acceptors (Lipinski definition) is 3. The predicted molar refractivity (Wildman–Crippen MR) is 89.7 cm³/mol. The van der Waals surface area contributed by atoms with Gasteiger partial charge in [-0.05, 0) is 47.0 Å². The van der Waals surface area contributed by atoms with Gasteiger partial charge in [0.2, 0.25) is 0 Å². The van der Waals surface area contributed by atoms with E-state index in [-0.39, 0.29) is 5.91 Å². The van der Waals surface area contributed by atoms with Gasteiger partial charge in [0.05, 0.1) is 6.04 Å². The molecule has 0 spiro atoms. The Morgan fingerprint density at radius 3 is 2.86 bits per heavy atom. The number of hydrogen-bond donors (Lipinski definition) is 1. The molecule has 0 saturated carbocycles. The van der Waals surface area contributed by atoms with E-state index in [1.165, 1.54) is 12.0 Å². The second-order valence-electron chi connectivity index (χ2n) is 5.18. The lowest BCUT2D eigenvalue weighted by Gasteiger charge is -2.38. The third kappa shape index (κ3) is 3.54. The number of amides is 1. The van der Waals surface area contributed by atoms with Gasteiger partial charge in [-0.25, -0.2) is 0 Å². The first-order chi connectivity index (χ1) is 10.2. The van der Waals surface area contributed by atoms with E-state index < -0.39 is 0 Å². The molecule has 1 saturated heterocycles. The van der Waals surface area contributed by atoms with Crippen LogP contribution in [-0.4, -0.2) is 30.4 Å². The first kappa shape index (κ1) is 14.8. The summed E-state index contributed by atoms with van der Waals surface area (Å²) in [7, 11) is 0. The van der Waals surface area contributed by atoms with E-state index in [0.717, 1.165) is 17.6 Å². The highest BCUT2D eigenvalue weighted by atomic mass is 79.9. The molecule has 1 aliphatic heterocycles. The number of likely N-dealkylation sites (tertiary alicyclic amines) is 1. The van der Waals surface area contributed by atoms with Crippen molar-refractivity contribution in [2.45, 2.75) is 12.5 Å². The first-order valence-electron chi connectivity index (χ1n) is 7.04. The van der Waals surface area contributed by atoms with Crippen LogP contribution in [0.1, 0.15) is 28.4 Å². The highest BCUT2D eigenvalue weighted by molar-refractivity contribution is 9.10. The summed E-state index contributed by atoms with van der Waals surface area (Å²) in [5, 5.41) is 7.34. The summed E-state index contributed by atoms with van der Waals surface area (Å²) < 4.78 is 0.923. The summed E-state index contributed by atoms with van der Waals surface area (Å²) in [6.45, 7) is 2.89. The van der Waals surface area contributed by atoms with Crippen molar-refractivity contribution in [1.29, 1.82) is 0 Å². The summed E-state index contributed by atoms with van der Waals surface area (Å²) in [6, 6.07) is 9.93. The SMILES string of the molecule is O=C(NC[C@H](c1ccsc1)N1CCC1)c1cccc(Br)c1. The van der Waals surface area contributed by atoms with E-state index in [0.29, 0.717) is 18.2 Å². The number of nitrogens with zero attached hydrogens (tertiary/aromatic N) is 1. The van der Waals surface area contributed by atoms with Crippen LogP contribution in [0.3, 0.4) is 0 Å². The molecule has 3 rings (SSSR count). The van der Waals surface area contributed by atoms with Gasteiger partial charge in [-0.15, -0.1) is 0 Å². The van der Waals surface area contributed by atoms with Crippen molar-refractivity contribution in [2.24, 2.45) is 0 Å². The molecule has 1 aromatic heterocycles. The molecule has 0 bridgehead atoms. The number of nitrogens with one attached hydrogen (secondary N) is 1. The van der Waals surface area contributed by atoms with Gasteiger partial charge in [0, 0.05) is 29.7 Å². The zero-order valence-corrected chi connectivity index (χ0v) is 14.0. The molecule has 0 radical (unpaired) electrons. The fourth-order valence-corrected chi connectivity index (χ4v) is 3.60. The summed E-state index contributed by atoms with van der Waals surface area (Å²) in [4.78, 5) is 14.7. The lowest BCUT2D eigenvalue weighted by Crippen LogP contribution is -2.45. The van der Waals surface area contributed by atoms with Crippen LogP contribution in [0.15, 0.2) is 45.6 Å². The minimum atomic E-state index is -0.0166. The molecule has 2 heterocycles. The maximum absolute atomic E-state index is 12.3. The quantitative estimate of drug-likeness (QED) is 0.877. The van der Waals surface area contributed by atoms with Gasteiger partial charge in [0.15, 0.2) is 0 Å². The second kappa shape index (κ2) is 6.73. The predicted octanol–water partition coefficient (Wildman–Crippen LogP) is 3.69. The number of carbonyl (C=O) groups is 1. The number of benzene rings is 1. The largest absolute Gasteiger partial charge is 0.350 e. The minimum absolute atomic E-state index is 0.0166. The fourth-order valence-electron chi connectivity index (χ4n) is 2.50. The molecule has 1 amide bonds. The normalized spacial score (nSPS) is 16.2. The van der Waals surface area contributed by atoms with Gasteiger partial charge < -0.3 is 5.32 Å². The third-order valence-electron chi connectivity index (χ3n) is 3.80. The van der Waals surface area contributed by atoms with Crippen LogP contribution in [-0.2, 0) is 0 Å². The molecule has 5 heteroatoms. The Labute approximate surface area is 137 Å². The van der Waals surface area contributed by atoms with Crippen LogP contribution in [0.4, 0.5) is 0 Å². The Balaban J connectivity index is 1.65. The van der Waals surface area contributed by atoms with E-state index in [9.17, 15) is 4.79 Å². The van der Waals surface area contributed by atoms with Gasteiger partial charge in [-0.1, -0.05) is 22.0 Å². The lowest BCUT2D eigenvalue weighted by molar-refractivity contribution is 0.0885. The van der Waals surface area contributed by atoms with Gasteiger partial charge in [0.1, 0.15) is 0 Å². The Bertz CT molecular complexity index is 610. The number of thiophene rings is 1. The minimum Gasteiger partial charge on any atom is -0.350 e.